The van der Waals surface area contributed by atoms with Gasteiger partial charge in [0.15, 0.2) is 0 Å². The molecule has 2 heterocycles. The molecule has 0 aliphatic carbocycles. The van der Waals surface area contributed by atoms with Gasteiger partial charge in [0, 0.05) is 4.88 Å². The molecule has 5 heteroatoms. The van der Waals surface area contributed by atoms with E-state index in [4.69, 9.17) is 0 Å². The minimum Gasteiger partial charge on any atom is -0.383 e. The van der Waals surface area contributed by atoms with Crippen LogP contribution in [-0.2, 0) is 0 Å². The summed E-state index contributed by atoms with van der Waals surface area (Å²) in [4.78, 5) is 17.5. The van der Waals surface area contributed by atoms with Gasteiger partial charge in [-0.15, -0.1) is 11.3 Å². The molecule has 0 amide bonds. The Labute approximate surface area is 107 Å². The van der Waals surface area contributed by atoms with Crippen molar-refractivity contribution < 1.29 is 5.11 Å². The quantitative estimate of drug-likeness (QED) is 0.661. The molecule has 92 valence electrons. The van der Waals surface area contributed by atoms with E-state index in [1.165, 1.54) is 11.3 Å². The number of H-pyrrole nitrogens is 2. The minimum absolute atomic E-state index is 0.232. The zero-order valence-corrected chi connectivity index (χ0v) is 10.5. The van der Waals surface area contributed by atoms with Crippen LogP contribution in [0.25, 0.3) is 11.0 Å². The van der Waals surface area contributed by atoms with Crippen LogP contribution in [0, 0.1) is 6.92 Å². The predicted octanol–water partition coefficient (Wildman–Crippen LogP) is 2.31. The molecule has 0 saturated carbocycles. The molecule has 2 aromatic heterocycles. The summed E-state index contributed by atoms with van der Waals surface area (Å²) in [5.41, 5.74) is 3.09. The van der Waals surface area contributed by atoms with Crippen molar-refractivity contribution in [3.63, 3.8) is 0 Å². The van der Waals surface area contributed by atoms with Crippen molar-refractivity contribution in [3.05, 3.63) is 56.1 Å². The Kier molecular flexibility index (Phi) is 2.57. The molecule has 3 aromatic rings. The van der Waals surface area contributed by atoms with Crippen molar-refractivity contribution in [2.45, 2.75) is 13.0 Å². The number of aryl methyl sites for hydroxylation is 1. The summed E-state index contributed by atoms with van der Waals surface area (Å²) in [7, 11) is 0. The smallest absolute Gasteiger partial charge is 0.323 e. The van der Waals surface area contributed by atoms with Gasteiger partial charge in [-0.1, -0.05) is 6.07 Å². The van der Waals surface area contributed by atoms with E-state index < -0.39 is 6.10 Å². The van der Waals surface area contributed by atoms with Crippen LogP contribution < -0.4 is 5.69 Å². The van der Waals surface area contributed by atoms with E-state index in [1.807, 2.05) is 24.4 Å². The highest BCUT2D eigenvalue weighted by Gasteiger charge is 2.15. The van der Waals surface area contributed by atoms with Gasteiger partial charge in [-0.25, -0.2) is 4.79 Å². The second-order valence-corrected chi connectivity index (χ2v) is 5.20. The number of hydrogen-bond acceptors (Lipinski definition) is 3. The van der Waals surface area contributed by atoms with Crippen LogP contribution >= 0.6 is 11.3 Å². The maximum atomic E-state index is 11.2. The van der Waals surface area contributed by atoms with Gasteiger partial charge in [0.05, 0.1) is 11.0 Å². The lowest BCUT2D eigenvalue weighted by Crippen LogP contribution is -1.99. The molecule has 0 aliphatic heterocycles. The van der Waals surface area contributed by atoms with E-state index in [2.05, 4.69) is 9.97 Å². The lowest BCUT2D eigenvalue weighted by atomic mass is 10.1. The van der Waals surface area contributed by atoms with Gasteiger partial charge in [-0.05, 0) is 41.6 Å². The first-order valence-corrected chi connectivity index (χ1v) is 6.47. The molecule has 3 rings (SSSR count). The Morgan fingerprint density at radius 1 is 1.22 bits per heavy atom. The van der Waals surface area contributed by atoms with Gasteiger partial charge < -0.3 is 15.1 Å². The fraction of sp³-hybridized carbons (Fsp3) is 0.154. The van der Waals surface area contributed by atoms with Crippen LogP contribution in [0.2, 0.25) is 0 Å². The average Bonchev–Trinajstić information content (AvgIpc) is 2.91. The van der Waals surface area contributed by atoms with Gasteiger partial charge in [-0.2, -0.15) is 0 Å². The van der Waals surface area contributed by atoms with E-state index in [-0.39, 0.29) is 5.69 Å². The molecule has 18 heavy (non-hydrogen) atoms. The van der Waals surface area contributed by atoms with Gasteiger partial charge in [0.2, 0.25) is 0 Å². The largest absolute Gasteiger partial charge is 0.383 e. The molecule has 0 saturated heterocycles. The van der Waals surface area contributed by atoms with Crippen molar-refractivity contribution in [1.29, 1.82) is 0 Å². The normalized spacial score (nSPS) is 13.0. The molecule has 0 bridgehead atoms. The standard InChI is InChI=1S/C13H12N2O2S/c1-7-4-5-18-12(7)11(16)8-2-3-9-10(6-8)15-13(17)14-9/h2-6,11,16H,1H3,(H2,14,15,17). The SMILES string of the molecule is Cc1ccsc1C(O)c1ccc2[nH]c(=O)[nH]c2c1. The van der Waals surface area contributed by atoms with Gasteiger partial charge in [0.25, 0.3) is 0 Å². The first-order chi connectivity index (χ1) is 8.65. The highest BCUT2D eigenvalue weighted by molar-refractivity contribution is 7.10. The molecule has 1 unspecified atom stereocenters. The van der Waals surface area contributed by atoms with E-state index in [0.29, 0.717) is 5.52 Å². The first kappa shape index (κ1) is 11.3. The van der Waals surface area contributed by atoms with E-state index >= 15 is 0 Å². The lowest BCUT2D eigenvalue weighted by Gasteiger charge is -2.10. The van der Waals surface area contributed by atoms with Crippen molar-refractivity contribution in [1.82, 2.24) is 9.97 Å². The predicted molar refractivity (Wildman–Crippen MR) is 72.0 cm³/mol. The van der Waals surface area contributed by atoms with Crippen LogP contribution in [0.4, 0.5) is 0 Å². The molecule has 1 aromatic carbocycles. The van der Waals surface area contributed by atoms with Gasteiger partial charge >= 0.3 is 5.69 Å². The summed E-state index contributed by atoms with van der Waals surface area (Å²) >= 11 is 1.53. The van der Waals surface area contributed by atoms with E-state index in [1.54, 1.807) is 12.1 Å². The van der Waals surface area contributed by atoms with Crippen LogP contribution in [0.15, 0.2) is 34.4 Å². The number of rotatable bonds is 2. The molecule has 3 N–H and O–H groups in total. The number of aliphatic hydroxyl groups is 1. The third kappa shape index (κ3) is 1.77. The average molecular weight is 260 g/mol. The van der Waals surface area contributed by atoms with E-state index in [9.17, 15) is 9.90 Å². The summed E-state index contributed by atoms with van der Waals surface area (Å²) < 4.78 is 0. The monoisotopic (exact) mass is 260 g/mol. The van der Waals surface area contributed by atoms with Crippen molar-refractivity contribution in [3.8, 4) is 0 Å². The first-order valence-electron chi connectivity index (χ1n) is 5.59. The Hall–Kier alpha value is -1.85. The summed E-state index contributed by atoms with van der Waals surface area (Å²) in [5, 5.41) is 12.3. The second-order valence-electron chi connectivity index (χ2n) is 4.25. The molecule has 0 spiro atoms. The molecule has 1 atom stereocenters. The number of benzene rings is 1. The number of aromatic amines is 2. The number of fused-ring (bicyclic) bond motifs is 1. The van der Waals surface area contributed by atoms with Crippen LogP contribution in [0.3, 0.4) is 0 Å². The maximum absolute atomic E-state index is 11.2. The van der Waals surface area contributed by atoms with Gasteiger partial charge in [0.1, 0.15) is 6.10 Å². The third-order valence-corrected chi connectivity index (χ3v) is 4.08. The third-order valence-electron chi connectivity index (χ3n) is 3.01. The highest BCUT2D eigenvalue weighted by atomic mass is 32.1. The molecule has 0 fully saturated rings. The molecular formula is C13H12N2O2S. The lowest BCUT2D eigenvalue weighted by molar-refractivity contribution is 0.223. The number of nitrogens with one attached hydrogen (secondary N) is 2. The Balaban J connectivity index is 2.09. The fourth-order valence-electron chi connectivity index (χ4n) is 2.04. The maximum Gasteiger partial charge on any atom is 0.323 e. The van der Waals surface area contributed by atoms with Crippen LogP contribution in [0.5, 0.6) is 0 Å². The highest BCUT2D eigenvalue weighted by Crippen LogP contribution is 2.30. The topological polar surface area (TPSA) is 68.9 Å². The second kappa shape index (κ2) is 4.12. The summed E-state index contributed by atoms with van der Waals surface area (Å²) in [5.74, 6) is 0. The molecule has 0 radical (unpaired) electrons. The number of thiophene rings is 1. The molecular weight excluding hydrogens is 248 g/mol. The Morgan fingerprint density at radius 3 is 2.72 bits per heavy atom. The van der Waals surface area contributed by atoms with Gasteiger partial charge in [-0.3, -0.25) is 0 Å². The summed E-state index contributed by atoms with van der Waals surface area (Å²) in [6, 6.07) is 7.42. The summed E-state index contributed by atoms with van der Waals surface area (Å²) in [6.07, 6.45) is -0.646. The number of aromatic nitrogens is 2. The van der Waals surface area contributed by atoms with E-state index in [0.717, 1.165) is 21.5 Å². The number of imidazole rings is 1. The van der Waals surface area contributed by atoms with Crippen LogP contribution in [-0.4, -0.2) is 15.1 Å². The Morgan fingerprint density at radius 2 is 2.00 bits per heavy atom. The minimum atomic E-state index is -0.646. The van der Waals surface area contributed by atoms with Crippen LogP contribution in [0.1, 0.15) is 22.1 Å². The number of aliphatic hydroxyl groups excluding tert-OH is 1. The zero-order chi connectivity index (χ0) is 12.7. The molecule has 0 aliphatic rings. The van der Waals surface area contributed by atoms with Crippen molar-refractivity contribution in [2.24, 2.45) is 0 Å². The summed E-state index contributed by atoms with van der Waals surface area (Å²) in [6.45, 7) is 1.98. The Bertz CT molecular complexity index is 754. The number of hydrogen-bond donors (Lipinski definition) is 3. The zero-order valence-electron chi connectivity index (χ0n) is 9.73. The molecule has 4 nitrogen and oxygen atoms in total. The van der Waals surface area contributed by atoms with Crippen molar-refractivity contribution >= 4 is 22.4 Å². The fourth-order valence-corrected chi connectivity index (χ4v) is 2.97. The van der Waals surface area contributed by atoms with Crippen molar-refractivity contribution in [2.75, 3.05) is 0 Å².